The number of ether oxygens (including phenoxy) is 1. The van der Waals surface area contributed by atoms with E-state index in [1.54, 1.807) is 6.07 Å². The van der Waals surface area contributed by atoms with Crippen molar-refractivity contribution < 1.29 is 9.53 Å². The molecule has 3 heteroatoms. The first-order valence-electron chi connectivity index (χ1n) is 6.14. The van der Waals surface area contributed by atoms with Gasteiger partial charge in [-0.3, -0.25) is 0 Å². The van der Waals surface area contributed by atoms with Crippen LogP contribution >= 0.6 is 0 Å². The van der Waals surface area contributed by atoms with E-state index in [9.17, 15) is 4.79 Å². The summed E-state index contributed by atoms with van der Waals surface area (Å²) in [4.78, 5) is 11.4. The molecule has 0 spiro atoms. The number of methoxy groups -OCH3 is 1. The van der Waals surface area contributed by atoms with E-state index in [-0.39, 0.29) is 5.97 Å². The molecular formula is C14H19NO2. The summed E-state index contributed by atoms with van der Waals surface area (Å²) in [5.41, 5.74) is 1.61. The van der Waals surface area contributed by atoms with Crippen LogP contribution in [-0.2, 0) is 4.74 Å². The zero-order chi connectivity index (χ0) is 12.3. The number of nitrogens with one attached hydrogen (secondary N) is 1. The Morgan fingerprint density at radius 2 is 2.24 bits per heavy atom. The largest absolute Gasteiger partial charge is 0.465 e. The third kappa shape index (κ3) is 2.99. The van der Waals surface area contributed by atoms with Crippen molar-refractivity contribution in [3.63, 3.8) is 0 Å². The zero-order valence-corrected chi connectivity index (χ0v) is 10.4. The molecule has 0 saturated heterocycles. The summed E-state index contributed by atoms with van der Waals surface area (Å²) in [5, 5.41) is 3.48. The van der Waals surface area contributed by atoms with Gasteiger partial charge in [0.25, 0.3) is 0 Å². The van der Waals surface area contributed by atoms with Crippen molar-refractivity contribution in [2.45, 2.75) is 32.2 Å². The average molecular weight is 233 g/mol. The first-order valence-corrected chi connectivity index (χ1v) is 6.14. The van der Waals surface area contributed by atoms with Crippen molar-refractivity contribution in [2.75, 3.05) is 12.4 Å². The molecule has 2 unspecified atom stereocenters. The molecule has 1 fully saturated rings. The second kappa shape index (κ2) is 5.21. The Labute approximate surface area is 102 Å². The second-order valence-electron chi connectivity index (χ2n) is 4.83. The summed E-state index contributed by atoms with van der Waals surface area (Å²) in [6, 6.07) is 8.05. The van der Waals surface area contributed by atoms with Crippen molar-refractivity contribution in [2.24, 2.45) is 5.92 Å². The molecule has 2 atom stereocenters. The fourth-order valence-electron chi connectivity index (χ4n) is 2.43. The van der Waals surface area contributed by atoms with E-state index in [1.165, 1.54) is 26.4 Å². The van der Waals surface area contributed by atoms with Gasteiger partial charge in [-0.1, -0.05) is 13.0 Å². The summed E-state index contributed by atoms with van der Waals surface area (Å²) in [6.45, 7) is 2.28. The monoisotopic (exact) mass is 233 g/mol. The van der Waals surface area contributed by atoms with E-state index in [0.717, 1.165) is 11.6 Å². The first-order chi connectivity index (χ1) is 8.19. The number of rotatable bonds is 3. The summed E-state index contributed by atoms with van der Waals surface area (Å²) in [7, 11) is 1.40. The summed E-state index contributed by atoms with van der Waals surface area (Å²) in [6.07, 6.45) is 3.71. The van der Waals surface area contributed by atoms with Gasteiger partial charge in [-0.25, -0.2) is 4.79 Å². The molecule has 0 radical (unpaired) electrons. The third-order valence-electron chi connectivity index (χ3n) is 3.35. The van der Waals surface area contributed by atoms with Crippen LogP contribution in [0.2, 0.25) is 0 Å². The minimum Gasteiger partial charge on any atom is -0.465 e. The van der Waals surface area contributed by atoms with Gasteiger partial charge >= 0.3 is 5.97 Å². The SMILES string of the molecule is COC(=O)c1cccc(NC2CCC(C)C2)c1. The van der Waals surface area contributed by atoms with Crippen LogP contribution in [0.4, 0.5) is 5.69 Å². The van der Waals surface area contributed by atoms with Crippen LogP contribution in [0.1, 0.15) is 36.5 Å². The van der Waals surface area contributed by atoms with Gasteiger partial charge in [0, 0.05) is 11.7 Å². The smallest absolute Gasteiger partial charge is 0.337 e. The first kappa shape index (κ1) is 12.0. The lowest BCUT2D eigenvalue weighted by molar-refractivity contribution is 0.0601. The van der Waals surface area contributed by atoms with Crippen LogP contribution in [-0.4, -0.2) is 19.1 Å². The molecule has 0 aromatic heterocycles. The maximum Gasteiger partial charge on any atom is 0.337 e. The van der Waals surface area contributed by atoms with Gasteiger partial charge in [-0.2, -0.15) is 0 Å². The van der Waals surface area contributed by atoms with Crippen LogP contribution in [0.3, 0.4) is 0 Å². The van der Waals surface area contributed by atoms with Crippen LogP contribution in [0, 0.1) is 5.92 Å². The lowest BCUT2D eigenvalue weighted by Gasteiger charge is -2.14. The molecular weight excluding hydrogens is 214 g/mol. The van der Waals surface area contributed by atoms with Crippen LogP contribution in [0.15, 0.2) is 24.3 Å². The highest BCUT2D eigenvalue weighted by atomic mass is 16.5. The zero-order valence-electron chi connectivity index (χ0n) is 10.4. The highest BCUT2D eigenvalue weighted by Crippen LogP contribution is 2.27. The Balaban J connectivity index is 2.03. The van der Waals surface area contributed by atoms with Gasteiger partial charge in [-0.05, 0) is 43.4 Å². The summed E-state index contributed by atoms with van der Waals surface area (Å²) in [5.74, 6) is 0.518. The predicted molar refractivity (Wildman–Crippen MR) is 68.2 cm³/mol. The van der Waals surface area contributed by atoms with Gasteiger partial charge in [0.1, 0.15) is 0 Å². The number of hydrogen-bond acceptors (Lipinski definition) is 3. The number of hydrogen-bond donors (Lipinski definition) is 1. The third-order valence-corrected chi connectivity index (χ3v) is 3.35. The topological polar surface area (TPSA) is 38.3 Å². The number of carbonyl (C=O) groups is 1. The van der Waals surface area contributed by atoms with E-state index in [1.807, 2.05) is 18.2 Å². The maximum atomic E-state index is 11.4. The molecule has 1 N–H and O–H groups in total. The second-order valence-corrected chi connectivity index (χ2v) is 4.83. The van der Waals surface area contributed by atoms with Crippen molar-refractivity contribution in [1.29, 1.82) is 0 Å². The van der Waals surface area contributed by atoms with Gasteiger partial charge < -0.3 is 10.1 Å². The lowest BCUT2D eigenvalue weighted by atomic mass is 10.1. The van der Waals surface area contributed by atoms with Crippen LogP contribution in [0.5, 0.6) is 0 Å². The van der Waals surface area contributed by atoms with Crippen molar-refractivity contribution >= 4 is 11.7 Å². The predicted octanol–water partition coefficient (Wildman–Crippen LogP) is 3.07. The van der Waals surface area contributed by atoms with Crippen molar-refractivity contribution in [1.82, 2.24) is 0 Å². The molecule has 0 bridgehead atoms. The molecule has 1 saturated carbocycles. The molecule has 1 aliphatic carbocycles. The molecule has 1 aromatic carbocycles. The van der Waals surface area contributed by atoms with E-state index in [2.05, 4.69) is 12.2 Å². The molecule has 92 valence electrons. The van der Waals surface area contributed by atoms with Gasteiger partial charge in [0.05, 0.1) is 12.7 Å². The van der Waals surface area contributed by atoms with E-state index in [4.69, 9.17) is 4.74 Å². The molecule has 17 heavy (non-hydrogen) atoms. The molecule has 3 nitrogen and oxygen atoms in total. The van der Waals surface area contributed by atoms with E-state index < -0.39 is 0 Å². The molecule has 0 heterocycles. The molecule has 0 amide bonds. The van der Waals surface area contributed by atoms with E-state index in [0.29, 0.717) is 11.6 Å². The fraction of sp³-hybridized carbons (Fsp3) is 0.500. The minimum absolute atomic E-state index is 0.284. The summed E-state index contributed by atoms with van der Waals surface area (Å²) >= 11 is 0. The number of esters is 1. The Bertz CT molecular complexity index is 403. The summed E-state index contributed by atoms with van der Waals surface area (Å²) < 4.78 is 4.71. The highest BCUT2D eigenvalue weighted by molar-refractivity contribution is 5.90. The normalized spacial score (nSPS) is 23.4. The average Bonchev–Trinajstić information content (AvgIpc) is 2.74. The molecule has 0 aliphatic heterocycles. The van der Waals surface area contributed by atoms with Crippen LogP contribution < -0.4 is 5.32 Å². The molecule has 2 rings (SSSR count). The standard InChI is InChI=1S/C14H19NO2/c1-10-6-7-13(8-10)15-12-5-3-4-11(9-12)14(16)17-2/h3-5,9-10,13,15H,6-8H2,1-2H3. The maximum absolute atomic E-state index is 11.4. The fourth-order valence-corrected chi connectivity index (χ4v) is 2.43. The number of benzene rings is 1. The van der Waals surface area contributed by atoms with E-state index >= 15 is 0 Å². The number of carbonyl (C=O) groups excluding carboxylic acids is 1. The Morgan fingerprint density at radius 1 is 1.41 bits per heavy atom. The quantitative estimate of drug-likeness (QED) is 0.815. The van der Waals surface area contributed by atoms with Crippen molar-refractivity contribution in [3.05, 3.63) is 29.8 Å². The van der Waals surface area contributed by atoms with Crippen LogP contribution in [0.25, 0.3) is 0 Å². The Hall–Kier alpha value is -1.51. The lowest BCUT2D eigenvalue weighted by Crippen LogP contribution is -2.15. The van der Waals surface area contributed by atoms with Gasteiger partial charge in [-0.15, -0.1) is 0 Å². The highest BCUT2D eigenvalue weighted by Gasteiger charge is 2.21. The van der Waals surface area contributed by atoms with Gasteiger partial charge in [0.15, 0.2) is 0 Å². The van der Waals surface area contributed by atoms with Gasteiger partial charge in [0.2, 0.25) is 0 Å². The van der Waals surface area contributed by atoms with Crippen molar-refractivity contribution in [3.8, 4) is 0 Å². The Kier molecular flexibility index (Phi) is 3.67. The number of anilines is 1. The molecule has 1 aliphatic rings. The minimum atomic E-state index is -0.284. The Morgan fingerprint density at radius 3 is 2.88 bits per heavy atom. The molecule has 1 aromatic rings.